The van der Waals surface area contributed by atoms with Gasteiger partial charge in [0.25, 0.3) is 0 Å². The minimum absolute atomic E-state index is 0.0668. The van der Waals surface area contributed by atoms with Crippen LogP contribution in [0.15, 0.2) is 36.5 Å². The quantitative estimate of drug-likeness (QED) is 0.939. The Kier molecular flexibility index (Phi) is 3.99. The number of aromatic nitrogens is 2. The second kappa shape index (κ2) is 5.54. The molecule has 1 heterocycles. The molecule has 2 aromatic rings. The van der Waals surface area contributed by atoms with Crippen LogP contribution in [0.2, 0.25) is 0 Å². The van der Waals surface area contributed by atoms with Gasteiger partial charge in [-0.3, -0.25) is 0 Å². The first-order chi connectivity index (χ1) is 9.38. The Hall–Kier alpha value is -2.02. The number of alkyl halides is 3. The summed E-state index contributed by atoms with van der Waals surface area (Å²) in [6, 6.07) is 9.10. The summed E-state index contributed by atoms with van der Waals surface area (Å²) in [6.07, 6.45) is -5.58. The van der Waals surface area contributed by atoms with E-state index in [1.54, 1.807) is 25.3 Å². The van der Waals surface area contributed by atoms with Gasteiger partial charge in [-0.15, -0.1) is 5.10 Å². The van der Waals surface area contributed by atoms with E-state index in [1.807, 2.05) is 18.2 Å². The van der Waals surface area contributed by atoms with E-state index in [0.717, 1.165) is 5.69 Å². The van der Waals surface area contributed by atoms with Crippen LogP contribution in [0.1, 0.15) is 5.56 Å². The Labute approximate surface area is 113 Å². The van der Waals surface area contributed by atoms with Crippen molar-refractivity contribution >= 4 is 0 Å². The first-order valence-corrected chi connectivity index (χ1v) is 5.87. The van der Waals surface area contributed by atoms with Crippen LogP contribution in [-0.2, 0) is 0 Å². The number of aliphatic hydroxyl groups excluding tert-OH is 1. The molecule has 1 N–H and O–H groups in total. The molecule has 0 saturated heterocycles. The molecule has 0 aliphatic rings. The van der Waals surface area contributed by atoms with Crippen molar-refractivity contribution in [2.75, 3.05) is 6.61 Å². The number of para-hydroxylation sites is 1. The normalized spacial score (nSPS) is 13.2. The van der Waals surface area contributed by atoms with Crippen LogP contribution >= 0.6 is 0 Å². The second-order valence-corrected chi connectivity index (χ2v) is 4.27. The van der Waals surface area contributed by atoms with Gasteiger partial charge in [-0.1, -0.05) is 18.2 Å². The average molecular weight is 286 g/mol. The lowest BCUT2D eigenvalue weighted by molar-refractivity contribution is -0.210. The number of halogens is 3. The van der Waals surface area contributed by atoms with Crippen LogP contribution in [0.4, 0.5) is 13.2 Å². The highest BCUT2D eigenvalue weighted by Gasteiger charge is 2.38. The summed E-state index contributed by atoms with van der Waals surface area (Å²) in [7, 11) is 0. The molecule has 0 spiro atoms. The zero-order valence-electron chi connectivity index (χ0n) is 10.6. The maximum atomic E-state index is 12.2. The molecular formula is C13H13F3N2O2. The van der Waals surface area contributed by atoms with E-state index in [-0.39, 0.29) is 5.88 Å². The molecule has 0 amide bonds. The fraction of sp³-hybridized carbons (Fsp3) is 0.308. The number of benzene rings is 1. The minimum atomic E-state index is -4.70. The molecule has 0 bridgehead atoms. The minimum Gasteiger partial charge on any atom is -0.473 e. The van der Waals surface area contributed by atoms with E-state index in [2.05, 4.69) is 5.10 Å². The van der Waals surface area contributed by atoms with Gasteiger partial charge >= 0.3 is 6.18 Å². The third-order valence-corrected chi connectivity index (χ3v) is 2.63. The molecule has 0 radical (unpaired) electrons. The van der Waals surface area contributed by atoms with E-state index in [4.69, 9.17) is 9.84 Å². The molecular weight excluding hydrogens is 273 g/mol. The smallest absolute Gasteiger partial charge is 0.417 e. The second-order valence-electron chi connectivity index (χ2n) is 4.27. The van der Waals surface area contributed by atoms with Gasteiger partial charge in [0.15, 0.2) is 6.10 Å². The van der Waals surface area contributed by atoms with Crippen molar-refractivity contribution < 1.29 is 23.0 Å². The number of hydrogen-bond donors (Lipinski definition) is 1. The van der Waals surface area contributed by atoms with Crippen molar-refractivity contribution in [2.45, 2.75) is 19.2 Å². The van der Waals surface area contributed by atoms with E-state index >= 15 is 0 Å². The summed E-state index contributed by atoms with van der Waals surface area (Å²) < 4.78 is 42.9. The number of hydrogen-bond acceptors (Lipinski definition) is 3. The number of aliphatic hydroxyl groups is 1. The van der Waals surface area contributed by atoms with Gasteiger partial charge in [0.05, 0.1) is 5.69 Å². The van der Waals surface area contributed by atoms with Crippen molar-refractivity contribution in [3.05, 3.63) is 42.1 Å². The first kappa shape index (κ1) is 14.4. The highest BCUT2D eigenvalue weighted by Crippen LogP contribution is 2.22. The summed E-state index contributed by atoms with van der Waals surface area (Å²) in [5.41, 5.74) is 1.35. The van der Waals surface area contributed by atoms with Crippen LogP contribution in [-0.4, -0.2) is 33.8 Å². The molecule has 4 nitrogen and oxygen atoms in total. The standard InChI is InChI=1S/C13H13F3N2O2/c1-9-7-18(10-5-3-2-4-6-10)17-12(9)20-8-11(19)13(14,15)16/h2-7,11,19H,8H2,1H3/t11-/m1/s1. The lowest BCUT2D eigenvalue weighted by Gasteiger charge is -2.14. The van der Waals surface area contributed by atoms with Crippen molar-refractivity contribution in [1.82, 2.24) is 9.78 Å². The summed E-state index contributed by atoms with van der Waals surface area (Å²) in [6.45, 7) is 0.790. The van der Waals surface area contributed by atoms with Gasteiger partial charge < -0.3 is 9.84 Å². The maximum Gasteiger partial charge on any atom is 0.417 e. The van der Waals surface area contributed by atoms with Crippen LogP contribution in [0.25, 0.3) is 5.69 Å². The predicted octanol–water partition coefficient (Wildman–Crippen LogP) is 2.48. The molecule has 20 heavy (non-hydrogen) atoms. The van der Waals surface area contributed by atoms with Gasteiger partial charge in [-0.05, 0) is 19.1 Å². The molecule has 108 valence electrons. The Morgan fingerprint density at radius 1 is 1.30 bits per heavy atom. The molecule has 0 aliphatic heterocycles. The molecule has 1 aromatic carbocycles. The van der Waals surface area contributed by atoms with Gasteiger partial charge in [0, 0.05) is 11.8 Å². The van der Waals surface area contributed by atoms with Crippen LogP contribution in [0.5, 0.6) is 5.88 Å². The van der Waals surface area contributed by atoms with Gasteiger partial charge in [-0.25, -0.2) is 4.68 Å². The van der Waals surface area contributed by atoms with Crippen molar-refractivity contribution in [2.24, 2.45) is 0 Å². The van der Waals surface area contributed by atoms with Gasteiger partial charge in [-0.2, -0.15) is 13.2 Å². The van der Waals surface area contributed by atoms with Crippen molar-refractivity contribution in [3.8, 4) is 11.6 Å². The van der Waals surface area contributed by atoms with Gasteiger partial charge in [0.2, 0.25) is 5.88 Å². The van der Waals surface area contributed by atoms with Crippen molar-refractivity contribution in [3.63, 3.8) is 0 Å². The number of ether oxygens (including phenoxy) is 1. The van der Waals surface area contributed by atoms with E-state index in [0.29, 0.717) is 5.56 Å². The molecule has 1 aromatic heterocycles. The van der Waals surface area contributed by atoms with Crippen LogP contribution in [0.3, 0.4) is 0 Å². The summed E-state index contributed by atoms with van der Waals surface area (Å²) >= 11 is 0. The van der Waals surface area contributed by atoms with E-state index in [1.165, 1.54) is 4.68 Å². The lowest BCUT2D eigenvalue weighted by atomic mass is 10.3. The average Bonchev–Trinajstić information content (AvgIpc) is 2.77. The molecule has 0 aliphatic carbocycles. The predicted molar refractivity (Wildman–Crippen MR) is 65.9 cm³/mol. The first-order valence-electron chi connectivity index (χ1n) is 5.87. The summed E-state index contributed by atoms with van der Waals surface area (Å²) in [4.78, 5) is 0. The summed E-state index contributed by atoms with van der Waals surface area (Å²) in [5, 5.41) is 12.9. The fourth-order valence-electron chi connectivity index (χ4n) is 1.55. The molecule has 2 rings (SSSR count). The third-order valence-electron chi connectivity index (χ3n) is 2.63. The third kappa shape index (κ3) is 3.30. The van der Waals surface area contributed by atoms with E-state index < -0.39 is 18.9 Å². The van der Waals surface area contributed by atoms with Gasteiger partial charge in [0.1, 0.15) is 6.61 Å². The fourth-order valence-corrected chi connectivity index (χ4v) is 1.55. The zero-order valence-corrected chi connectivity index (χ0v) is 10.6. The Balaban J connectivity index is 2.09. The molecule has 0 saturated carbocycles. The number of rotatable bonds is 4. The monoisotopic (exact) mass is 286 g/mol. The van der Waals surface area contributed by atoms with E-state index in [9.17, 15) is 13.2 Å². The molecule has 1 atom stereocenters. The zero-order chi connectivity index (χ0) is 14.8. The topological polar surface area (TPSA) is 47.3 Å². The Bertz CT molecular complexity index is 567. The van der Waals surface area contributed by atoms with Crippen molar-refractivity contribution in [1.29, 1.82) is 0 Å². The molecule has 0 unspecified atom stereocenters. The molecule has 7 heteroatoms. The maximum absolute atomic E-state index is 12.2. The largest absolute Gasteiger partial charge is 0.473 e. The Morgan fingerprint density at radius 3 is 2.55 bits per heavy atom. The number of nitrogens with zero attached hydrogens (tertiary/aromatic N) is 2. The van der Waals surface area contributed by atoms with Crippen LogP contribution in [0, 0.1) is 6.92 Å². The molecule has 0 fully saturated rings. The van der Waals surface area contributed by atoms with Crippen LogP contribution < -0.4 is 4.74 Å². The lowest BCUT2D eigenvalue weighted by Crippen LogP contribution is -2.34. The Morgan fingerprint density at radius 2 is 1.95 bits per heavy atom. The number of aryl methyl sites for hydroxylation is 1. The SMILES string of the molecule is Cc1cn(-c2ccccc2)nc1OC[C@@H](O)C(F)(F)F. The summed E-state index contributed by atoms with van der Waals surface area (Å²) in [5.74, 6) is 0.0668. The highest BCUT2D eigenvalue weighted by molar-refractivity contribution is 5.34. The highest BCUT2D eigenvalue weighted by atomic mass is 19.4.